The molecule has 1 aromatic rings. The summed E-state index contributed by atoms with van der Waals surface area (Å²) >= 11 is 3.04. The lowest BCUT2D eigenvalue weighted by atomic mass is 9.98. The van der Waals surface area contributed by atoms with Gasteiger partial charge in [0.15, 0.2) is 4.34 Å². The summed E-state index contributed by atoms with van der Waals surface area (Å²) in [6, 6.07) is 0. The Balaban J connectivity index is 1.80. The van der Waals surface area contributed by atoms with Crippen molar-refractivity contribution in [3.63, 3.8) is 0 Å². The molecule has 7 heteroatoms. The van der Waals surface area contributed by atoms with Gasteiger partial charge >= 0.3 is 0 Å². The first-order valence-corrected chi connectivity index (χ1v) is 6.95. The van der Waals surface area contributed by atoms with E-state index >= 15 is 0 Å². The summed E-state index contributed by atoms with van der Waals surface area (Å²) in [7, 11) is 0. The minimum Gasteiger partial charge on any atom is -0.411 e. The average molecular weight is 256 g/mol. The number of aromatic nitrogens is 2. The van der Waals surface area contributed by atoms with Crippen molar-refractivity contribution in [2.75, 3.05) is 5.73 Å². The number of nitrogen functional groups attached to an aromatic ring is 1. The van der Waals surface area contributed by atoms with Gasteiger partial charge in [0.2, 0.25) is 5.13 Å². The minimum absolute atomic E-state index is 0.274. The number of rotatable bonds is 2. The molecule has 3 atom stereocenters. The summed E-state index contributed by atoms with van der Waals surface area (Å²) in [5.74, 6) is 1.11. The van der Waals surface area contributed by atoms with Crippen molar-refractivity contribution >= 4 is 33.9 Å². The maximum absolute atomic E-state index is 9.06. The van der Waals surface area contributed by atoms with Crippen LogP contribution in [0.5, 0.6) is 0 Å². The molecule has 2 aliphatic rings. The zero-order valence-electron chi connectivity index (χ0n) is 8.54. The highest BCUT2D eigenvalue weighted by molar-refractivity contribution is 8.02. The largest absolute Gasteiger partial charge is 0.411 e. The van der Waals surface area contributed by atoms with Crippen LogP contribution in [-0.2, 0) is 0 Å². The van der Waals surface area contributed by atoms with E-state index in [-0.39, 0.29) is 5.25 Å². The van der Waals surface area contributed by atoms with Crippen molar-refractivity contribution in [2.45, 2.75) is 28.9 Å². The van der Waals surface area contributed by atoms with E-state index < -0.39 is 0 Å². The Kier molecular flexibility index (Phi) is 2.51. The average Bonchev–Trinajstić information content (AvgIpc) is 2.94. The van der Waals surface area contributed by atoms with E-state index in [4.69, 9.17) is 10.9 Å². The van der Waals surface area contributed by atoms with E-state index in [1.165, 1.54) is 24.2 Å². The standard InChI is InChI=1S/C9H12N4OS2/c10-8-11-12-9(16-8)15-7-5-2-1-4(3-5)6(7)13-14/h4-5,7,14H,1-3H2,(H2,10,11)/b13-6-/t4-,5-,7-/m0/s1. The Bertz CT molecular complexity index is 433. The van der Waals surface area contributed by atoms with Crippen LogP contribution in [0.2, 0.25) is 0 Å². The summed E-state index contributed by atoms with van der Waals surface area (Å²) in [6.45, 7) is 0. The molecule has 2 bridgehead atoms. The molecule has 0 aromatic carbocycles. The molecule has 2 aliphatic carbocycles. The zero-order valence-corrected chi connectivity index (χ0v) is 10.2. The van der Waals surface area contributed by atoms with Crippen LogP contribution >= 0.6 is 23.1 Å². The number of hydrogen-bond donors (Lipinski definition) is 2. The van der Waals surface area contributed by atoms with Gasteiger partial charge in [-0.3, -0.25) is 0 Å². The smallest absolute Gasteiger partial charge is 0.203 e. The fourth-order valence-corrected chi connectivity index (χ4v) is 4.91. The highest BCUT2D eigenvalue weighted by Gasteiger charge is 2.46. The molecule has 2 saturated carbocycles. The van der Waals surface area contributed by atoms with Gasteiger partial charge in [0, 0.05) is 5.92 Å². The fraction of sp³-hybridized carbons (Fsp3) is 0.667. The second-order valence-corrected chi connectivity index (χ2v) is 6.64. The summed E-state index contributed by atoms with van der Waals surface area (Å²) < 4.78 is 0.871. The molecule has 3 N–H and O–H groups in total. The Morgan fingerprint density at radius 1 is 1.44 bits per heavy atom. The first kappa shape index (κ1) is 10.3. The van der Waals surface area contributed by atoms with Crippen LogP contribution in [0.25, 0.3) is 0 Å². The minimum atomic E-state index is 0.274. The van der Waals surface area contributed by atoms with Crippen molar-refractivity contribution in [1.29, 1.82) is 0 Å². The van der Waals surface area contributed by atoms with Gasteiger partial charge in [0.25, 0.3) is 0 Å². The Morgan fingerprint density at radius 3 is 3.00 bits per heavy atom. The molecule has 0 unspecified atom stereocenters. The van der Waals surface area contributed by atoms with Crippen LogP contribution in [-0.4, -0.2) is 26.4 Å². The monoisotopic (exact) mass is 256 g/mol. The molecular formula is C9H12N4OS2. The Morgan fingerprint density at radius 2 is 2.31 bits per heavy atom. The lowest BCUT2D eigenvalue weighted by molar-refractivity contribution is 0.314. The van der Waals surface area contributed by atoms with Gasteiger partial charge in [0.05, 0.1) is 11.0 Å². The van der Waals surface area contributed by atoms with Crippen molar-refractivity contribution in [3.8, 4) is 0 Å². The van der Waals surface area contributed by atoms with E-state index in [1.807, 2.05) is 0 Å². The van der Waals surface area contributed by atoms with E-state index in [9.17, 15) is 0 Å². The number of nitrogens with two attached hydrogens (primary N) is 1. The van der Waals surface area contributed by atoms with Gasteiger partial charge in [-0.2, -0.15) is 0 Å². The molecule has 86 valence electrons. The lowest BCUT2D eigenvalue weighted by Gasteiger charge is -2.20. The molecule has 3 rings (SSSR count). The molecule has 0 aliphatic heterocycles. The normalized spacial score (nSPS) is 35.0. The van der Waals surface area contributed by atoms with Crippen molar-refractivity contribution < 1.29 is 5.21 Å². The summed E-state index contributed by atoms with van der Waals surface area (Å²) in [5, 5.41) is 21.1. The predicted octanol–water partition coefficient (Wildman–Crippen LogP) is 1.84. The Labute approximate surface area is 101 Å². The SMILES string of the molecule is Nc1nnc(S[C@@H]2/C(=N\O)[C@H]3CC[C@H]2C3)s1. The number of thioether (sulfide) groups is 1. The van der Waals surface area contributed by atoms with Crippen molar-refractivity contribution in [1.82, 2.24) is 10.2 Å². The fourth-order valence-electron chi connectivity index (χ4n) is 2.71. The van der Waals surface area contributed by atoms with E-state index in [0.717, 1.165) is 16.5 Å². The highest BCUT2D eigenvalue weighted by Crippen LogP contribution is 2.49. The molecule has 0 amide bonds. The van der Waals surface area contributed by atoms with Gasteiger partial charge in [-0.1, -0.05) is 28.3 Å². The third kappa shape index (κ3) is 1.58. The van der Waals surface area contributed by atoms with Gasteiger partial charge in [-0.25, -0.2) is 0 Å². The third-order valence-electron chi connectivity index (χ3n) is 3.38. The summed E-state index contributed by atoms with van der Waals surface area (Å²) in [4.78, 5) is 0. The van der Waals surface area contributed by atoms with E-state index in [2.05, 4.69) is 15.4 Å². The van der Waals surface area contributed by atoms with Crippen molar-refractivity contribution in [3.05, 3.63) is 0 Å². The summed E-state index contributed by atoms with van der Waals surface area (Å²) in [5.41, 5.74) is 6.49. The molecular weight excluding hydrogens is 244 g/mol. The van der Waals surface area contributed by atoms with Crippen LogP contribution in [0.3, 0.4) is 0 Å². The number of nitrogens with zero attached hydrogens (tertiary/aromatic N) is 3. The molecule has 0 spiro atoms. The van der Waals surface area contributed by atoms with Crippen LogP contribution in [0.1, 0.15) is 19.3 Å². The first-order valence-electron chi connectivity index (χ1n) is 5.25. The third-order valence-corrected chi connectivity index (χ3v) is 5.63. The number of anilines is 1. The second-order valence-electron chi connectivity index (χ2n) is 4.24. The Hall–Kier alpha value is -0.820. The molecule has 0 saturated heterocycles. The molecule has 1 aromatic heterocycles. The molecule has 0 radical (unpaired) electrons. The van der Waals surface area contributed by atoms with Crippen LogP contribution < -0.4 is 5.73 Å². The first-order chi connectivity index (χ1) is 7.78. The maximum atomic E-state index is 9.06. The second kappa shape index (κ2) is 3.89. The van der Waals surface area contributed by atoms with Crippen LogP contribution in [0.15, 0.2) is 9.50 Å². The molecule has 2 fully saturated rings. The zero-order chi connectivity index (χ0) is 11.1. The number of hydrogen-bond acceptors (Lipinski definition) is 7. The highest BCUT2D eigenvalue weighted by atomic mass is 32.2. The quantitative estimate of drug-likeness (QED) is 0.623. The molecule has 16 heavy (non-hydrogen) atoms. The van der Waals surface area contributed by atoms with Crippen LogP contribution in [0, 0.1) is 11.8 Å². The predicted molar refractivity (Wildman–Crippen MR) is 64.0 cm³/mol. The topological polar surface area (TPSA) is 84.4 Å². The number of fused-ring (bicyclic) bond motifs is 2. The van der Waals surface area contributed by atoms with Gasteiger partial charge in [-0.05, 0) is 25.2 Å². The van der Waals surface area contributed by atoms with E-state index in [1.54, 1.807) is 11.8 Å². The maximum Gasteiger partial charge on any atom is 0.203 e. The van der Waals surface area contributed by atoms with Gasteiger partial charge < -0.3 is 10.9 Å². The lowest BCUT2D eigenvalue weighted by Crippen LogP contribution is -2.24. The van der Waals surface area contributed by atoms with Gasteiger partial charge in [-0.15, -0.1) is 10.2 Å². The van der Waals surface area contributed by atoms with Crippen molar-refractivity contribution in [2.24, 2.45) is 17.0 Å². The molecule has 1 heterocycles. The van der Waals surface area contributed by atoms with Crippen LogP contribution in [0.4, 0.5) is 5.13 Å². The van der Waals surface area contributed by atoms with E-state index in [0.29, 0.717) is 17.0 Å². The van der Waals surface area contributed by atoms with Gasteiger partial charge in [0.1, 0.15) is 0 Å². The number of oxime groups is 1. The summed E-state index contributed by atoms with van der Waals surface area (Å²) in [6.07, 6.45) is 3.56. The molecule has 5 nitrogen and oxygen atoms in total.